The summed E-state index contributed by atoms with van der Waals surface area (Å²) < 4.78 is 13.5. The van der Waals surface area contributed by atoms with Gasteiger partial charge in [-0.3, -0.25) is 4.79 Å². The summed E-state index contributed by atoms with van der Waals surface area (Å²) in [5.41, 5.74) is 8.55. The van der Waals surface area contributed by atoms with Gasteiger partial charge in [0, 0.05) is 17.7 Å². The van der Waals surface area contributed by atoms with Crippen molar-refractivity contribution in [2.45, 2.75) is 13.3 Å². The van der Waals surface area contributed by atoms with E-state index in [1.165, 1.54) is 6.07 Å². The highest BCUT2D eigenvalue weighted by Crippen LogP contribution is 2.20. The molecule has 0 amide bonds. The summed E-state index contributed by atoms with van der Waals surface area (Å²) in [6.07, 6.45) is 0.225. The van der Waals surface area contributed by atoms with Crippen LogP contribution in [0.1, 0.15) is 21.5 Å². The molecule has 0 atom stereocenters. The highest BCUT2D eigenvalue weighted by Gasteiger charge is 2.12. The molecule has 0 aliphatic carbocycles. The van der Waals surface area contributed by atoms with E-state index < -0.39 is 0 Å². The highest BCUT2D eigenvalue weighted by atomic mass is 79.9. The molecule has 98 valence electrons. The van der Waals surface area contributed by atoms with Gasteiger partial charge in [0.25, 0.3) is 0 Å². The van der Waals surface area contributed by atoms with Crippen LogP contribution in [0.2, 0.25) is 0 Å². The summed E-state index contributed by atoms with van der Waals surface area (Å²) in [5.74, 6) is -0.361. The Balaban J connectivity index is 2.26. The molecule has 4 heteroatoms. The van der Waals surface area contributed by atoms with Crippen LogP contribution in [-0.2, 0) is 6.42 Å². The lowest BCUT2D eigenvalue weighted by molar-refractivity contribution is 0.0992. The molecule has 0 aliphatic rings. The van der Waals surface area contributed by atoms with E-state index in [9.17, 15) is 9.18 Å². The van der Waals surface area contributed by atoms with Crippen LogP contribution in [0.25, 0.3) is 0 Å². The number of carbonyl (C=O) groups is 1. The van der Waals surface area contributed by atoms with Gasteiger partial charge in [-0.15, -0.1) is 0 Å². The van der Waals surface area contributed by atoms with Crippen molar-refractivity contribution < 1.29 is 9.18 Å². The van der Waals surface area contributed by atoms with Gasteiger partial charge in [-0.1, -0.05) is 18.2 Å². The topological polar surface area (TPSA) is 43.1 Å². The van der Waals surface area contributed by atoms with Gasteiger partial charge in [0.05, 0.1) is 4.47 Å². The van der Waals surface area contributed by atoms with E-state index >= 15 is 0 Å². The summed E-state index contributed by atoms with van der Waals surface area (Å²) in [4.78, 5) is 12.2. The number of ketones is 1. The molecule has 2 rings (SSSR count). The Labute approximate surface area is 119 Å². The van der Waals surface area contributed by atoms with Gasteiger partial charge < -0.3 is 5.73 Å². The minimum atomic E-state index is -0.337. The Morgan fingerprint density at radius 3 is 2.74 bits per heavy atom. The van der Waals surface area contributed by atoms with E-state index in [0.717, 1.165) is 11.1 Å². The average molecular weight is 322 g/mol. The molecule has 0 radical (unpaired) electrons. The third kappa shape index (κ3) is 3.01. The van der Waals surface area contributed by atoms with E-state index in [-0.39, 0.29) is 18.0 Å². The molecule has 0 unspecified atom stereocenters. The number of hydrogen-bond acceptors (Lipinski definition) is 2. The van der Waals surface area contributed by atoms with Crippen LogP contribution in [0, 0.1) is 12.7 Å². The Bertz CT molecular complexity index is 640. The molecular formula is C15H13BrFNO. The SMILES string of the molecule is Cc1c(N)cccc1C(=O)Cc1ccc(F)c(Br)c1. The van der Waals surface area contributed by atoms with Crippen molar-refractivity contribution >= 4 is 27.4 Å². The van der Waals surface area contributed by atoms with E-state index in [4.69, 9.17) is 5.73 Å². The van der Waals surface area contributed by atoms with Crippen molar-refractivity contribution in [2.75, 3.05) is 5.73 Å². The van der Waals surface area contributed by atoms with Crippen molar-refractivity contribution in [2.24, 2.45) is 0 Å². The fourth-order valence-corrected chi connectivity index (χ4v) is 2.31. The summed E-state index contributed by atoms with van der Waals surface area (Å²) in [7, 11) is 0. The molecule has 0 spiro atoms. The molecular weight excluding hydrogens is 309 g/mol. The Morgan fingerprint density at radius 1 is 1.32 bits per heavy atom. The van der Waals surface area contributed by atoms with Crippen LogP contribution in [-0.4, -0.2) is 5.78 Å². The molecule has 0 aliphatic heterocycles. The standard InChI is InChI=1S/C15H13BrFNO/c1-9-11(3-2-4-14(9)18)15(19)8-10-5-6-13(17)12(16)7-10/h2-7H,8,18H2,1H3. The van der Waals surface area contributed by atoms with Crippen LogP contribution >= 0.6 is 15.9 Å². The lowest BCUT2D eigenvalue weighted by atomic mass is 9.98. The summed E-state index contributed by atoms with van der Waals surface area (Å²) in [5, 5.41) is 0. The zero-order chi connectivity index (χ0) is 14.0. The molecule has 0 heterocycles. The predicted molar refractivity (Wildman–Crippen MR) is 77.7 cm³/mol. The van der Waals surface area contributed by atoms with E-state index in [0.29, 0.717) is 15.7 Å². The third-order valence-corrected chi connectivity index (χ3v) is 3.63. The second-order valence-electron chi connectivity index (χ2n) is 4.37. The zero-order valence-corrected chi connectivity index (χ0v) is 12.0. The lowest BCUT2D eigenvalue weighted by Crippen LogP contribution is -2.07. The van der Waals surface area contributed by atoms with Crippen molar-refractivity contribution in [3.05, 3.63) is 63.4 Å². The van der Waals surface area contributed by atoms with Gasteiger partial charge in [-0.25, -0.2) is 4.39 Å². The fourth-order valence-electron chi connectivity index (χ4n) is 1.89. The second kappa shape index (κ2) is 5.53. The van der Waals surface area contributed by atoms with Crippen molar-refractivity contribution in [3.63, 3.8) is 0 Å². The number of Topliss-reactive ketones (excluding diaryl/α,β-unsaturated/α-hetero) is 1. The van der Waals surface area contributed by atoms with Gasteiger partial charge in [-0.2, -0.15) is 0 Å². The second-order valence-corrected chi connectivity index (χ2v) is 5.22. The van der Waals surface area contributed by atoms with Crippen LogP contribution in [0.4, 0.5) is 10.1 Å². The molecule has 19 heavy (non-hydrogen) atoms. The first-order valence-electron chi connectivity index (χ1n) is 5.81. The van der Waals surface area contributed by atoms with E-state index in [2.05, 4.69) is 15.9 Å². The van der Waals surface area contributed by atoms with Gasteiger partial charge in [0.2, 0.25) is 0 Å². The first-order chi connectivity index (χ1) is 8.99. The maximum Gasteiger partial charge on any atom is 0.167 e. The number of halogens is 2. The molecule has 0 aromatic heterocycles. The number of nitrogen functional groups attached to an aromatic ring is 1. The molecule has 2 aromatic carbocycles. The molecule has 0 saturated carbocycles. The minimum absolute atomic E-state index is 0.0247. The zero-order valence-electron chi connectivity index (χ0n) is 10.4. The lowest BCUT2D eigenvalue weighted by Gasteiger charge is -2.08. The fraction of sp³-hybridized carbons (Fsp3) is 0.133. The highest BCUT2D eigenvalue weighted by molar-refractivity contribution is 9.10. The molecule has 0 bridgehead atoms. The Morgan fingerprint density at radius 2 is 2.05 bits per heavy atom. The maximum atomic E-state index is 13.1. The molecule has 2 nitrogen and oxygen atoms in total. The molecule has 0 saturated heterocycles. The van der Waals surface area contributed by atoms with Crippen LogP contribution < -0.4 is 5.73 Å². The van der Waals surface area contributed by atoms with Gasteiger partial charge in [0.1, 0.15) is 5.82 Å². The number of benzene rings is 2. The monoisotopic (exact) mass is 321 g/mol. The average Bonchev–Trinajstić information content (AvgIpc) is 2.37. The summed E-state index contributed by atoms with van der Waals surface area (Å²) >= 11 is 3.11. The summed E-state index contributed by atoms with van der Waals surface area (Å²) in [6.45, 7) is 1.82. The summed E-state index contributed by atoms with van der Waals surface area (Å²) in [6, 6.07) is 9.86. The van der Waals surface area contributed by atoms with Crippen molar-refractivity contribution in [1.29, 1.82) is 0 Å². The maximum absolute atomic E-state index is 13.1. The van der Waals surface area contributed by atoms with E-state index in [1.807, 2.05) is 6.92 Å². The van der Waals surface area contributed by atoms with Gasteiger partial charge >= 0.3 is 0 Å². The Hall–Kier alpha value is -1.68. The predicted octanol–water partition coefficient (Wildman–Crippen LogP) is 3.90. The number of carbonyl (C=O) groups excluding carboxylic acids is 1. The van der Waals surface area contributed by atoms with Crippen molar-refractivity contribution in [1.82, 2.24) is 0 Å². The number of hydrogen-bond donors (Lipinski definition) is 1. The number of anilines is 1. The normalized spacial score (nSPS) is 10.5. The molecule has 2 N–H and O–H groups in total. The minimum Gasteiger partial charge on any atom is -0.398 e. The first kappa shape index (κ1) is 13.7. The van der Waals surface area contributed by atoms with E-state index in [1.54, 1.807) is 30.3 Å². The van der Waals surface area contributed by atoms with Crippen LogP contribution in [0.15, 0.2) is 40.9 Å². The smallest absolute Gasteiger partial charge is 0.167 e. The number of nitrogens with two attached hydrogens (primary N) is 1. The largest absolute Gasteiger partial charge is 0.398 e. The van der Waals surface area contributed by atoms with Crippen LogP contribution in [0.3, 0.4) is 0 Å². The first-order valence-corrected chi connectivity index (χ1v) is 6.60. The van der Waals surface area contributed by atoms with Crippen LogP contribution in [0.5, 0.6) is 0 Å². The van der Waals surface area contributed by atoms with Crippen molar-refractivity contribution in [3.8, 4) is 0 Å². The molecule has 2 aromatic rings. The Kier molecular flexibility index (Phi) is 4.00. The number of rotatable bonds is 3. The third-order valence-electron chi connectivity index (χ3n) is 3.02. The van der Waals surface area contributed by atoms with Gasteiger partial charge in [-0.05, 0) is 52.2 Å². The quantitative estimate of drug-likeness (QED) is 0.688. The van der Waals surface area contributed by atoms with Gasteiger partial charge in [0.15, 0.2) is 5.78 Å². The molecule has 0 fully saturated rings.